The second kappa shape index (κ2) is 7.49. The maximum absolute atomic E-state index is 11.4. The number of imidazole rings is 1. The van der Waals surface area contributed by atoms with Crippen LogP contribution in [0.25, 0.3) is 22.4 Å². The Morgan fingerprint density at radius 1 is 1.25 bits per heavy atom. The average Bonchev–Trinajstić information content (AvgIpc) is 3.00. The van der Waals surface area contributed by atoms with Crippen molar-refractivity contribution in [3.05, 3.63) is 46.9 Å². The van der Waals surface area contributed by atoms with Gasteiger partial charge in [0, 0.05) is 4.47 Å². The molecule has 0 amide bonds. The minimum absolute atomic E-state index is 0.212. The molecule has 0 radical (unpaired) electrons. The Hall–Kier alpha value is -2.34. The standard InChI is InChI=1S/C18H17BrN2O3/c1-2-23-17(22)9-10-24-16-8-7-12(19)11-13(16)18-20-14-5-3-4-6-15(14)21-18/h3-8,11H,2,9-10H2,1H3,(H,20,21). The molecule has 24 heavy (non-hydrogen) atoms. The summed E-state index contributed by atoms with van der Waals surface area (Å²) in [6.07, 6.45) is 0.212. The van der Waals surface area contributed by atoms with Crippen LogP contribution in [0.4, 0.5) is 0 Å². The molecule has 0 saturated heterocycles. The summed E-state index contributed by atoms with van der Waals surface area (Å²) in [5.74, 6) is 1.13. The minimum atomic E-state index is -0.264. The summed E-state index contributed by atoms with van der Waals surface area (Å²) in [4.78, 5) is 19.3. The summed E-state index contributed by atoms with van der Waals surface area (Å²) in [7, 11) is 0. The first-order valence-corrected chi connectivity index (χ1v) is 8.49. The molecule has 0 aliphatic rings. The van der Waals surface area contributed by atoms with Gasteiger partial charge in [-0.2, -0.15) is 0 Å². The molecule has 1 N–H and O–H groups in total. The van der Waals surface area contributed by atoms with Crippen molar-refractivity contribution in [1.82, 2.24) is 9.97 Å². The molecule has 3 rings (SSSR count). The molecule has 1 aromatic heterocycles. The lowest BCUT2D eigenvalue weighted by atomic mass is 10.2. The van der Waals surface area contributed by atoms with Crippen LogP contribution in [-0.4, -0.2) is 29.2 Å². The molecule has 5 nitrogen and oxygen atoms in total. The molecule has 124 valence electrons. The van der Waals surface area contributed by atoms with E-state index in [-0.39, 0.29) is 19.0 Å². The first-order valence-electron chi connectivity index (χ1n) is 7.70. The number of rotatable bonds is 6. The molecular formula is C18H17BrN2O3. The van der Waals surface area contributed by atoms with Crippen molar-refractivity contribution in [2.75, 3.05) is 13.2 Å². The molecule has 0 unspecified atom stereocenters. The van der Waals surface area contributed by atoms with Gasteiger partial charge in [0.1, 0.15) is 11.6 Å². The van der Waals surface area contributed by atoms with Gasteiger partial charge < -0.3 is 14.5 Å². The van der Waals surface area contributed by atoms with Crippen LogP contribution in [0.3, 0.4) is 0 Å². The number of hydrogen-bond donors (Lipinski definition) is 1. The molecule has 0 aliphatic heterocycles. The van der Waals surface area contributed by atoms with Crippen LogP contribution in [0.1, 0.15) is 13.3 Å². The average molecular weight is 389 g/mol. The Kier molecular flexibility index (Phi) is 5.15. The van der Waals surface area contributed by atoms with Crippen LogP contribution in [0.15, 0.2) is 46.9 Å². The predicted molar refractivity (Wildman–Crippen MR) is 96.0 cm³/mol. The highest BCUT2D eigenvalue weighted by molar-refractivity contribution is 9.10. The summed E-state index contributed by atoms with van der Waals surface area (Å²) >= 11 is 3.48. The molecule has 3 aromatic rings. The van der Waals surface area contributed by atoms with E-state index in [1.54, 1.807) is 6.92 Å². The number of nitrogens with zero attached hydrogens (tertiary/aromatic N) is 1. The lowest BCUT2D eigenvalue weighted by Gasteiger charge is -2.10. The lowest BCUT2D eigenvalue weighted by Crippen LogP contribution is -2.10. The van der Waals surface area contributed by atoms with Crippen LogP contribution >= 0.6 is 15.9 Å². The summed E-state index contributed by atoms with van der Waals surface area (Å²) in [5.41, 5.74) is 2.69. The lowest BCUT2D eigenvalue weighted by molar-refractivity contribution is -0.143. The van der Waals surface area contributed by atoms with Crippen molar-refractivity contribution < 1.29 is 14.3 Å². The second-order valence-corrected chi connectivity index (χ2v) is 6.06. The topological polar surface area (TPSA) is 64.2 Å². The quantitative estimate of drug-likeness (QED) is 0.638. The molecule has 0 fully saturated rings. The first kappa shape index (κ1) is 16.5. The maximum Gasteiger partial charge on any atom is 0.309 e. The van der Waals surface area contributed by atoms with Gasteiger partial charge in [0.05, 0.1) is 36.2 Å². The Morgan fingerprint density at radius 3 is 2.88 bits per heavy atom. The van der Waals surface area contributed by atoms with Gasteiger partial charge >= 0.3 is 5.97 Å². The number of halogens is 1. The number of aromatic nitrogens is 2. The largest absolute Gasteiger partial charge is 0.492 e. The van der Waals surface area contributed by atoms with E-state index in [0.29, 0.717) is 12.4 Å². The minimum Gasteiger partial charge on any atom is -0.492 e. The zero-order valence-electron chi connectivity index (χ0n) is 13.2. The van der Waals surface area contributed by atoms with Crippen molar-refractivity contribution in [2.45, 2.75) is 13.3 Å². The third-order valence-electron chi connectivity index (χ3n) is 3.46. The zero-order valence-corrected chi connectivity index (χ0v) is 14.8. The van der Waals surface area contributed by atoms with Gasteiger partial charge in [-0.1, -0.05) is 28.1 Å². The van der Waals surface area contributed by atoms with Gasteiger partial charge in [-0.25, -0.2) is 4.98 Å². The Balaban J connectivity index is 1.84. The number of benzene rings is 2. The molecule has 6 heteroatoms. The van der Waals surface area contributed by atoms with Gasteiger partial charge in [0.2, 0.25) is 0 Å². The number of esters is 1. The number of carbonyl (C=O) groups is 1. The summed E-state index contributed by atoms with van der Waals surface area (Å²) in [6.45, 7) is 2.42. The normalized spacial score (nSPS) is 10.8. The fourth-order valence-corrected chi connectivity index (χ4v) is 2.73. The fourth-order valence-electron chi connectivity index (χ4n) is 2.37. The zero-order chi connectivity index (χ0) is 16.9. The summed E-state index contributed by atoms with van der Waals surface area (Å²) < 4.78 is 11.6. The van der Waals surface area contributed by atoms with Crippen LogP contribution in [0.5, 0.6) is 5.75 Å². The van der Waals surface area contributed by atoms with Gasteiger partial charge in [0.25, 0.3) is 0 Å². The van der Waals surface area contributed by atoms with Gasteiger partial charge in [0.15, 0.2) is 0 Å². The van der Waals surface area contributed by atoms with Gasteiger partial charge in [-0.15, -0.1) is 0 Å². The molecule has 1 heterocycles. The molecule has 2 aromatic carbocycles. The Morgan fingerprint density at radius 2 is 2.08 bits per heavy atom. The van der Waals surface area contributed by atoms with Gasteiger partial charge in [-0.3, -0.25) is 4.79 Å². The Bertz CT molecular complexity index is 827. The Labute approximate surface area is 148 Å². The van der Waals surface area contributed by atoms with Crippen LogP contribution in [0.2, 0.25) is 0 Å². The predicted octanol–water partition coefficient (Wildman–Crippen LogP) is 4.32. The van der Waals surface area contributed by atoms with E-state index in [4.69, 9.17) is 9.47 Å². The molecule has 0 aliphatic carbocycles. The van der Waals surface area contributed by atoms with Crippen molar-refractivity contribution >= 4 is 32.9 Å². The monoisotopic (exact) mass is 388 g/mol. The van der Waals surface area contributed by atoms with Crippen LogP contribution in [-0.2, 0) is 9.53 Å². The molecule has 0 spiro atoms. The smallest absolute Gasteiger partial charge is 0.309 e. The summed E-state index contributed by atoms with van der Waals surface area (Å²) in [6, 6.07) is 13.5. The maximum atomic E-state index is 11.4. The number of carbonyl (C=O) groups excluding carboxylic acids is 1. The molecule has 0 saturated carbocycles. The second-order valence-electron chi connectivity index (χ2n) is 5.15. The van der Waals surface area contributed by atoms with E-state index in [9.17, 15) is 4.79 Å². The first-order chi connectivity index (χ1) is 11.7. The van der Waals surface area contributed by atoms with E-state index in [0.717, 1.165) is 26.9 Å². The third-order valence-corrected chi connectivity index (χ3v) is 3.95. The highest BCUT2D eigenvalue weighted by Crippen LogP contribution is 2.32. The van der Waals surface area contributed by atoms with E-state index in [1.807, 2.05) is 42.5 Å². The third kappa shape index (κ3) is 3.76. The molecule has 0 bridgehead atoms. The van der Waals surface area contributed by atoms with Crippen LogP contribution < -0.4 is 4.74 Å². The van der Waals surface area contributed by atoms with E-state index >= 15 is 0 Å². The van der Waals surface area contributed by atoms with Crippen LogP contribution in [0, 0.1) is 0 Å². The van der Waals surface area contributed by atoms with Crippen molar-refractivity contribution in [1.29, 1.82) is 0 Å². The summed E-state index contributed by atoms with van der Waals surface area (Å²) in [5, 5.41) is 0. The SMILES string of the molecule is CCOC(=O)CCOc1ccc(Br)cc1-c1nc2ccccc2[nH]1. The number of fused-ring (bicyclic) bond motifs is 1. The number of aromatic amines is 1. The number of para-hydroxylation sites is 2. The number of ether oxygens (including phenoxy) is 2. The fraction of sp³-hybridized carbons (Fsp3) is 0.222. The van der Waals surface area contributed by atoms with Crippen molar-refractivity contribution in [3.8, 4) is 17.1 Å². The van der Waals surface area contributed by atoms with E-state index in [2.05, 4.69) is 25.9 Å². The molecule has 0 atom stereocenters. The van der Waals surface area contributed by atoms with Crippen molar-refractivity contribution in [2.24, 2.45) is 0 Å². The number of nitrogens with one attached hydrogen (secondary N) is 1. The highest BCUT2D eigenvalue weighted by atomic mass is 79.9. The van der Waals surface area contributed by atoms with Gasteiger partial charge in [-0.05, 0) is 37.3 Å². The van der Waals surface area contributed by atoms with E-state index in [1.165, 1.54) is 0 Å². The molecular weight excluding hydrogens is 372 g/mol. The van der Waals surface area contributed by atoms with Crippen molar-refractivity contribution in [3.63, 3.8) is 0 Å². The number of H-pyrrole nitrogens is 1. The number of hydrogen-bond acceptors (Lipinski definition) is 4. The van der Waals surface area contributed by atoms with E-state index < -0.39 is 0 Å². The highest BCUT2D eigenvalue weighted by Gasteiger charge is 2.12.